The van der Waals surface area contributed by atoms with Crippen molar-refractivity contribution in [3.63, 3.8) is 0 Å². The van der Waals surface area contributed by atoms with Crippen LogP contribution in [-0.4, -0.2) is 21.7 Å². The first-order chi connectivity index (χ1) is 10.1. The third kappa shape index (κ3) is 4.17. The zero-order valence-corrected chi connectivity index (χ0v) is 12.7. The van der Waals surface area contributed by atoms with E-state index in [4.69, 9.17) is 21.4 Å². The zero-order chi connectivity index (χ0) is 15.2. The first kappa shape index (κ1) is 15.3. The maximum Gasteiger partial charge on any atom is 0.226 e. The normalized spacial score (nSPS) is 10.6. The van der Waals surface area contributed by atoms with Crippen molar-refractivity contribution in [2.75, 3.05) is 11.9 Å². The number of rotatable bonds is 6. The number of pyridine rings is 1. The summed E-state index contributed by atoms with van der Waals surface area (Å²) >= 11 is 5.83. The molecule has 2 rings (SSSR count). The summed E-state index contributed by atoms with van der Waals surface area (Å²) in [5.41, 5.74) is 0.222. The van der Waals surface area contributed by atoms with E-state index in [-0.39, 0.29) is 11.6 Å². The smallest absolute Gasteiger partial charge is 0.226 e. The molecule has 0 saturated heterocycles. The van der Waals surface area contributed by atoms with E-state index in [1.807, 2.05) is 19.9 Å². The van der Waals surface area contributed by atoms with Gasteiger partial charge in [-0.05, 0) is 18.6 Å². The van der Waals surface area contributed by atoms with Gasteiger partial charge in [0.1, 0.15) is 11.9 Å². The number of nitriles is 1. The first-order valence-corrected chi connectivity index (χ1v) is 7.11. The third-order valence-electron chi connectivity index (χ3n) is 2.83. The topological polar surface area (TPSA) is 87.6 Å². The van der Waals surface area contributed by atoms with Gasteiger partial charge < -0.3 is 9.84 Å². The lowest BCUT2D eigenvalue weighted by atomic mass is 10.2. The Morgan fingerprint density at radius 3 is 2.86 bits per heavy atom. The molecule has 0 spiro atoms. The number of anilines is 1. The standard InChI is InChI=1S/C14H16ClN5O/c1-9(2)14-19-13(21-20-14)4-3-7-17-12-6-5-10(15)11(8-16)18-12/h5-6,9H,3-4,7H2,1-2H3,(H,17,18). The summed E-state index contributed by atoms with van der Waals surface area (Å²) in [5.74, 6) is 2.27. The van der Waals surface area contributed by atoms with Crippen molar-refractivity contribution in [2.24, 2.45) is 0 Å². The fourth-order valence-electron chi connectivity index (χ4n) is 1.68. The fourth-order valence-corrected chi connectivity index (χ4v) is 1.83. The number of aromatic nitrogens is 3. The van der Waals surface area contributed by atoms with Crippen molar-refractivity contribution in [1.29, 1.82) is 5.26 Å². The molecule has 0 amide bonds. The second kappa shape index (κ2) is 7.04. The van der Waals surface area contributed by atoms with Crippen LogP contribution >= 0.6 is 11.6 Å². The average molecular weight is 306 g/mol. The van der Waals surface area contributed by atoms with Crippen molar-refractivity contribution >= 4 is 17.4 Å². The molecule has 1 N–H and O–H groups in total. The number of aryl methyl sites for hydroxylation is 1. The van der Waals surface area contributed by atoms with Crippen LogP contribution in [0.5, 0.6) is 0 Å². The largest absolute Gasteiger partial charge is 0.370 e. The van der Waals surface area contributed by atoms with Crippen molar-refractivity contribution in [3.8, 4) is 6.07 Å². The van der Waals surface area contributed by atoms with E-state index in [0.717, 1.165) is 12.2 Å². The Morgan fingerprint density at radius 1 is 1.38 bits per heavy atom. The number of hydrogen-bond donors (Lipinski definition) is 1. The van der Waals surface area contributed by atoms with E-state index in [2.05, 4.69) is 20.4 Å². The fraction of sp³-hybridized carbons (Fsp3) is 0.429. The van der Waals surface area contributed by atoms with Crippen LogP contribution in [0.25, 0.3) is 0 Å². The van der Waals surface area contributed by atoms with Crippen molar-refractivity contribution in [3.05, 3.63) is 34.6 Å². The van der Waals surface area contributed by atoms with Gasteiger partial charge in [-0.3, -0.25) is 0 Å². The number of nitrogens with zero attached hydrogens (tertiary/aromatic N) is 4. The summed E-state index contributed by atoms with van der Waals surface area (Å²) < 4.78 is 5.17. The molecule has 0 aliphatic heterocycles. The Bertz CT molecular complexity index is 647. The van der Waals surface area contributed by atoms with Crippen LogP contribution in [0.3, 0.4) is 0 Å². The van der Waals surface area contributed by atoms with Gasteiger partial charge in [0, 0.05) is 18.9 Å². The highest BCUT2D eigenvalue weighted by molar-refractivity contribution is 6.31. The number of nitrogens with one attached hydrogen (secondary N) is 1. The molecule has 0 saturated carbocycles. The summed E-state index contributed by atoms with van der Waals surface area (Å²) in [5, 5.41) is 16.3. The molecule has 0 atom stereocenters. The molecule has 0 aromatic carbocycles. The quantitative estimate of drug-likeness (QED) is 0.825. The summed E-state index contributed by atoms with van der Waals surface area (Å²) in [6, 6.07) is 5.35. The van der Waals surface area contributed by atoms with Crippen LogP contribution in [-0.2, 0) is 6.42 Å². The predicted molar refractivity (Wildman–Crippen MR) is 79.2 cm³/mol. The molecule has 7 heteroatoms. The summed E-state index contributed by atoms with van der Waals surface area (Å²) in [4.78, 5) is 8.42. The molecule has 2 aromatic rings. The Morgan fingerprint density at radius 2 is 2.19 bits per heavy atom. The Kier molecular flexibility index (Phi) is 5.12. The highest BCUT2D eigenvalue weighted by atomic mass is 35.5. The van der Waals surface area contributed by atoms with Gasteiger partial charge in [-0.1, -0.05) is 30.6 Å². The van der Waals surface area contributed by atoms with Crippen molar-refractivity contribution < 1.29 is 4.52 Å². The molecule has 0 aliphatic carbocycles. The molecule has 0 bridgehead atoms. The van der Waals surface area contributed by atoms with Crippen molar-refractivity contribution in [1.82, 2.24) is 15.1 Å². The molecule has 0 fully saturated rings. The van der Waals surface area contributed by atoms with Gasteiger partial charge in [-0.2, -0.15) is 10.2 Å². The lowest BCUT2D eigenvalue weighted by Gasteiger charge is -2.05. The van der Waals surface area contributed by atoms with E-state index < -0.39 is 0 Å². The Labute approximate surface area is 128 Å². The van der Waals surface area contributed by atoms with Crippen LogP contribution in [0.4, 0.5) is 5.82 Å². The van der Waals surface area contributed by atoms with E-state index in [1.54, 1.807) is 12.1 Å². The minimum absolute atomic E-state index is 0.222. The molecule has 6 nitrogen and oxygen atoms in total. The predicted octanol–water partition coefficient (Wildman–Crippen LogP) is 3.16. The molecule has 2 heterocycles. The molecular weight excluding hydrogens is 290 g/mol. The van der Waals surface area contributed by atoms with Gasteiger partial charge in [-0.25, -0.2) is 4.98 Å². The average Bonchev–Trinajstić information content (AvgIpc) is 2.94. The maximum atomic E-state index is 8.86. The van der Waals surface area contributed by atoms with E-state index in [0.29, 0.717) is 29.7 Å². The lowest BCUT2D eigenvalue weighted by molar-refractivity contribution is 0.369. The van der Waals surface area contributed by atoms with E-state index >= 15 is 0 Å². The van der Waals surface area contributed by atoms with Crippen molar-refractivity contribution in [2.45, 2.75) is 32.6 Å². The van der Waals surface area contributed by atoms with Crippen LogP contribution in [0.15, 0.2) is 16.7 Å². The summed E-state index contributed by atoms with van der Waals surface area (Å²) in [6.07, 6.45) is 1.53. The van der Waals surface area contributed by atoms with Gasteiger partial charge >= 0.3 is 0 Å². The zero-order valence-electron chi connectivity index (χ0n) is 11.9. The molecule has 0 unspecified atom stereocenters. The second-order valence-corrected chi connectivity index (χ2v) is 5.28. The highest BCUT2D eigenvalue weighted by Crippen LogP contribution is 2.15. The van der Waals surface area contributed by atoms with Gasteiger partial charge in [0.05, 0.1) is 5.02 Å². The van der Waals surface area contributed by atoms with E-state index in [1.165, 1.54) is 0 Å². The minimum atomic E-state index is 0.222. The molecule has 110 valence electrons. The van der Waals surface area contributed by atoms with Crippen LogP contribution in [0.2, 0.25) is 5.02 Å². The first-order valence-electron chi connectivity index (χ1n) is 6.73. The molecule has 0 aliphatic rings. The molecule has 2 aromatic heterocycles. The van der Waals surface area contributed by atoms with Gasteiger partial charge in [0.2, 0.25) is 5.89 Å². The SMILES string of the molecule is CC(C)c1noc(CCCNc2ccc(Cl)c(C#N)n2)n1. The summed E-state index contributed by atoms with van der Waals surface area (Å²) in [7, 11) is 0. The Hall–Kier alpha value is -2.13. The summed E-state index contributed by atoms with van der Waals surface area (Å²) in [6.45, 7) is 4.74. The second-order valence-electron chi connectivity index (χ2n) is 4.87. The molecular formula is C14H16ClN5O. The Balaban J connectivity index is 1.80. The maximum absolute atomic E-state index is 8.86. The van der Waals surface area contributed by atoms with Gasteiger partial charge in [-0.15, -0.1) is 0 Å². The monoisotopic (exact) mass is 305 g/mol. The van der Waals surface area contributed by atoms with Crippen LogP contribution in [0, 0.1) is 11.3 Å². The molecule has 21 heavy (non-hydrogen) atoms. The van der Waals surface area contributed by atoms with Crippen LogP contribution < -0.4 is 5.32 Å². The number of halogens is 1. The van der Waals surface area contributed by atoms with Gasteiger partial charge in [0.25, 0.3) is 0 Å². The van der Waals surface area contributed by atoms with E-state index in [9.17, 15) is 0 Å². The minimum Gasteiger partial charge on any atom is -0.370 e. The lowest BCUT2D eigenvalue weighted by Crippen LogP contribution is -2.05. The highest BCUT2D eigenvalue weighted by Gasteiger charge is 2.09. The number of hydrogen-bond acceptors (Lipinski definition) is 6. The van der Waals surface area contributed by atoms with Gasteiger partial charge in [0.15, 0.2) is 11.5 Å². The molecule has 0 radical (unpaired) electrons. The third-order valence-corrected chi connectivity index (χ3v) is 3.13. The van der Waals surface area contributed by atoms with Crippen LogP contribution in [0.1, 0.15) is 43.6 Å².